The quantitative estimate of drug-likeness (QED) is 0.749. The summed E-state index contributed by atoms with van der Waals surface area (Å²) in [6.07, 6.45) is 7.60. The molecule has 2 aromatic carbocycles. The van der Waals surface area contributed by atoms with Crippen LogP contribution in [0.5, 0.6) is 0 Å². The zero-order valence-corrected chi connectivity index (χ0v) is 13.8. The van der Waals surface area contributed by atoms with Crippen LogP contribution in [-0.4, -0.2) is 24.1 Å². The number of anilines is 1. The lowest BCUT2D eigenvalue weighted by Crippen LogP contribution is -2.30. The highest BCUT2D eigenvalue weighted by atomic mass is 15.0. The second-order valence-electron chi connectivity index (χ2n) is 6.53. The molecule has 24 heavy (non-hydrogen) atoms. The highest BCUT2D eigenvalue weighted by Crippen LogP contribution is 2.31. The van der Waals surface area contributed by atoms with E-state index < -0.39 is 0 Å². The van der Waals surface area contributed by atoms with Crippen molar-refractivity contribution >= 4 is 16.5 Å². The maximum Gasteiger partial charge on any atom is 0.0429 e. The summed E-state index contributed by atoms with van der Waals surface area (Å²) >= 11 is 0. The fourth-order valence-corrected chi connectivity index (χ4v) is 3.49. The average molecular weight is 317 g/mol. The molecule has 0 saturated carbocycles. The Labute approximate surface area is 143 Å². The number of fused-ring (bicyclic) bond motifs is 1. The molecule has 3 aromatic rings. The van der Waals surface area contributed by atoms with Crippen LogP contribution in [0.4, 0.5) is 5.69 Å². The monoisotopic (exact) mass is 317 g/mol. The van der Waals surface area contributed by atoms with Gasteiger partial charge in [0.25, 0.3) is 0 Å². The van der Waals surface area contributed by atoms with E-state index in [4.69, 9.17) is 0 Å². The van der Waals surface area contributed by atoms with Crippen LogP contribution in [0.15, 0.2) is 60.9 Å². The third-order valence-corrected chi connectivity index (χ3v) is 4.77. The van der Waals surface area contributed by atoms with Crippen molar-refractivity contribution in [3.63, 3.8) is 0 Å². The number of rotatable bonds is 3. The molecule has 0 bridgehead atoms. The Kier molecular flexibility index (Phi) is 4.43. The zero-order valence-electron chi connectivity index (χ0n) is 13.8. The van der Waals surface area contributed by atoms with Crippen molar-refractivity contribution in [2.45, 2.75) is 25.3 Å². The molecule has 3 heteroatoms. The van der Waals surface area contributed by atoms with Crippen molar-refractivity contribution in [3.05, 3.63) is 60.9 Å². The van der Waals surface area contributed by atoms with E-state index in [0.29, 0.717) is 6.04 Å². The summed E-state index contributed by atoms with van der Waals surface area (Å²) in [5.41, 5.74) is 3.69. The average Bonchev–Trinajstić information content (AvgIpc) is 2.91. The summed E-state index contributed by atoms with van der Waals surface area (Å²) < 4.78 is 0. The van der Waals surface area contributed by atoms with Crippen LogP contribution in [0.1, 0.15) is 19.3 Å². The lowest BCUT2D eigenvalue weighted by atomic mass is 10.00. The van der Waals surface area contributed by atoms with Crippen molar-refractivity contribution in [1.82, 2.24) is 10.3 Å². The van der Waals surface area contributed by atoms with Gasteiger partial charge in [-0.15, -0.1) is 0 Å². The van der Waals surface area contributed by atoms with Crippen LogP contribution in [0.2, 0.25) is 0 Å². The SMILES string of the molecule is c1ccc(-c2cc(N[C@H]3CCCCNC3)c3ccncc3c2)cc1. The number of benzene rings is 2. The number of hydrogen-bond acceptors (Lipinski definition) is 3. The van der Waals surface area contributed by atoms with Gasteiger partial charge in [0.15, 0.2) is 0 Å². The minimum absolute atomic E-state index is 0.481. The van der Waals surface area contributed by atoms with Crippen molar-refractivity contribution < 1.29 is 0 Å². The number of nitrogens with one attached hydrogen (secondary N) is 2. The standard InChI is InChI=1S/C21H23N3/c1-2-6-16(7-3-1)17-12-18-14-23-11-9-20(18)21(13-17)24-19-8-4-5-10-22-15-19/h1-3,6-7,9,11-14,19,22,24H,4-5,8,10,15H2/t19-/m0/s1. The Hall–Kier alpha value is -2.39. The molecule has 0 unspecified atom stereocenters. The van der Waals surface area contributed by atoms with E-state index in [2.05, 4.69) is 64.1 Å². The van der Waals surface area contributed by atoms with Gasteiger partial charge in [0, 0.05) is 41.4 Å². The lowest BCUT2D eigenvalue weighted by molar-refractivity contribution is 0.637. The third kappa shape index (κ3) is 3.26. The number of hydrogen-bond donors (Lipinski definition) is 2. The minimum atomic E-state index is 0.481. The first kappa shape index (κ1) is 15.2. The van der Waals surface area contributed by atoms with Gasteiger partial charge in [0.2, 0.25) is 0 Å². The predicted octanol–water partition coefficient (Wildman–Crippen LogP) is 4.46. The van der Waals surface area contributed by atoms with E-state index in [-0.39, 0.29) is 0 Å². The summed E-state index contributed by atoms with van der Waals surface area (Å²) in [5.74, 6) is 0. The third-order valence-electron chi connectivity index (χ3n) is 4.77. The normalized spacial score (nSPS) is 18.2. The van der Waals surface area contributed by atoms with Gasteiger partial charge in [0.1, 0.15) is 0 Å². The smallest absolute Gasteiger partial charge is 0.0429 e. The maximum absolute atomic E-state index is 4.31. The van der Waals surface area contributed by atoms with Gasteiger partial charge >= 0.3 is 0 Å². The molecule has 0 aliphatic carbocycles. The Morgan fingerprint density at radius 2 is 1.92 bits per heavy atom. The van der Waals surface area contributed by atoms with Gasteiger partial charge in [-0.2, -0.15) is 0 Å². The Morgan fingerprint density at radius 3 is 2.83 bits per heavy atom. The molecule has 1 fully saturated rings. The van der Waals surface area contributed by atoms with Gasteiger partial charge in [0.05, 0.1) is 0 Å². The van der Waals surface area contributed by atoms with Crippen LogP contribution in [0.25, 0.3) is 21.9 Å². The topological polar surface area (TPSA) is 37.0 Å². The molecular formula is C21H23N3. The van der Waals surface area contributed by atoms with Gasteiger partial charge in [-0.25, -0.2) is 0 Å². The fraction of sp³-hybridized carbons (Fsp3) is 0.286. The minimum Gasteiger partial charge on any atom is -0.381 e. The molecule has 2 N–H and O–H groups in total. The molecule has 1 aromatic heterocycles. The van der Waals surface area contributed by atoms with E-state index in [1.165, 1.54) is 46.8 Å². The van der Waals surface area contributed by atoms with Gasteiger partial charge in [-0.1, -0.05) is 36.8 Å². The van der Waals surface area contributed by atoms with E-state index in [1.54, 1.807) is 0 Å². The van der Waals surface area contributed by atoms with Crippen molar-refractivity contribution in [2.24, 2.45) is 0 Å². The van der Waals surface area contributed by atoms with Crippen molar-refractivity contribution in [2.75, 3.05) is 18.4 Å². The highest BCUT2D eigenvalue weighted by Gasteiger charge is 2.14. The van der Waals surface area contributed by atoms with Gasteiger partial charge in [-0.3, -0.25) is 4.98 Å². The summed E-state index contributed by atoms with van der Waals surface area (Å²) in [6.45, 7) is 2.16. The van der Waals surface area contributed by atoms with Crippen molar-refractivity contribution in [1.29, 1.82) is 0 Å². The van der Waals surface area contributed by atoms with Crippen molar-refractivity contribution in [3.8, 4) is 11.1 Å². The molecule has 0 spiro atoms. The van der Waals surface area contributed by atoms with Gasteiger partial charge < -0.3 is 10.6 Å². The lowest BCUT2D eigenvalue weighted by Gasteiger charge is -2.20. The Bertz CT molecular complexity index is 806. The molecule has 4 rings (SSSR count). The molecule has 1 saturated heterocycles. The van der Waals surface area contributed by atoms with Crippen LogP contribution < -0.4 is 10.6 Å². The van der Waals surface area contributed by atoms with Crippen LogP contribution in [0, 0.1) is 0 Å². The van der Waals surface area contributed by atoms with E-state index in [9.17, 15) is 0 Å². The summed E-state index contributed by atoms with van der Waals surface area (Å²) in [4.78, 5) is 4.31. The zero-order chi connectivity index (χ0) is 16.2. The largest absolute Gasteiger partial charge is 0.381 e. The number of pyridine rings is 1. The van der Waals surface area contributed by atoms with Gasteiger partial charge in [-0.05, 0) is 48.7 Å². The summed E-state index contributed by atoms with van der Waals surface area (Å²) in [7, 11) is 0. The predicted molar refractivity (Wildman–Crippen MR) is 101 cm³/mol. The van der Waals surface area contributed by atoms with E-state index >= 15 is 0 Å². The van der Waals surface area contributed by atoms with Crippen LogP contribution in [0.3, 0.4) is 0 Å². The van der Waals surface area contributed by atoms with E-state index in [1.807, 2.05) is 12.4 Å². The van der Waals surface area contributed by atoms with Crippen LogP contribution >= 0.6 is 0 Å². The Morgan fingerprint density at radius 1 is 1.00 bits per heavy atom. The molecule has 1 aliphatic heterocycles. The second-order valence-corrected chi connectivity index (χ2v) is 6.53. The summed E-state index contributed by atoms with van der Waals surface area (Å²) in [5, 5.41) is 9.75. The number of aromatic nitrogens is 1. The molecule has 0 amide bonds. The molecule has 122 valence electrons. The fourth-order valence-electron chi connectivity index (χ4n) is 3.49. The molecule has 2 heterocycles. The highest BCUT2D eigenvalue weighted by molar-refractivity contribution is 5.97. The second kappa shape index (κ2) is 7.02. The first-order valence-corrected chi connectivity index (χ1v) is 8.80. The Balaban J connectivity index is 1.74. The van der Waals surface area contributed by atoms with Crippen LogP contribution in [-0.2, 0) is 0 Å². The number of nitrogens with zero attached hydrogens (tertiary/aromatic N) is 1. The first-order valence-electron chi connectivity index (χ1n) is 8.80. The molecule has 1 atom stereocenters. The molecule has 0 radical (unpaired) electrons. The van der Waals surface area contributed by atoms with E-state index in [0.717, 1.165) is 13.1 Å². The first-order chi connectivity index (χ1) is 11.9. The molecular weight excluding hydrogens is 294 g/mol. The summed E-state index contributed by atoms with van der Waals surface area (Å²) in [6, 6.07) is 17.7. The molecule has 1 aliphatic rings. The maximum atomic E-state index is 4.31. The molecule has 3 nitrogen and oxygen atoms in total.